The summed E-state index contributed by atoms with van der Waals surface area (Å²) < 4.78 is 1.54. The van der Waals surface area contributed by atoms with Crippen molar-refractivity contribution in [1.82, 2.24) is 19.9 Å². The topological polar surface area (TPSA) is 120 Å². The number of rotatable bonds is 2. The van der Waals surface area contributed by atoms with Crippen molar-refractivity contribution in [3.05, 3.63) is 28.6 Å². The van der Waals surface area contributed by atoms with Crippen molar-refractivity contribution in [1.29, 1.82) is 0 Å². The first kappa shape index (κ1) is 13.3. The Kier molecular flexibility index (Phi) is 3.16. The number of carbonyl (C=O) groups excluding carboxylic acids is 1. The molecule has 1 aromatic heterocycles. The van der Waals surface area contributed by atoms with Crippen molar-refractivity contribution in [3.63, 3.8) is 0 Å². The number of carbonyl (C=O) groups is 2. The van der Waals surface area contributed by atoms with Gasteiger partial charge in [-0.15, -0.1) is 16.9 Å². The van der Waals surface area contributed by atoms with Crippen LogP contribution in [0.4, 0.5) is 0 Å². The molecule has 2 aliphatic rings. The maximum absolute atomic E-state index is 11.9. The SMILES string of the molecule is Cn1cc(C=C2C(=O)N3C(C(=O)O)=CS[C@H]23)nn1.O. The van der Waals surface area contributed by atoms with Gasteiger partial charge in [-0.1, -0.05) is 5.21 Å². The van der Waals surface area contributed by atoms with Crippen molar-refractivity contribution < 1.29 is 20.2 Å². The third kappa shape index (κ3) is 1.92. The number of aryl methyl sites for hydroxylation is 1. The number of fused-ring (bicyclic) bond motifs is 1. The quantitative estimate of drug-likeness (QED) is 0.561. The largest absolute Gasteiger partial charge is 0.477 e. The second-order valence-electron chi connectivity index (χ2n) is 3.89. The molecule has 1 atom stereocenters. The van der Waals surface area contributed by atoms with Crippen LogP contribution in [0.15, 0.2) is 22.9 Å². The van der Waals surface area contributed by atoms with Crippen LogP contribution in [0.3, 0.4) is 0 Å². The molecule has 3 heterocycles. The van der Waals surface area contributed by atoms with Crippen LogP contribution in [0.2, 0.25) is 0 Å². The molecular formula is C10H10N4O4S. The van der Waals surface area contributed by atoms with E-state index in [1.807, 2.05) is 0 Å². The van der Waals surface area contributed by atoms with Crippen LogP contribution in [0.25, 0.3) is 6.08 Å². The van der Waals surface area contributed by atoms with Crippen LogP contribution in [0, 0.1) is 0 Å². The zero-order valence-electron chi connectivity index (χ0n) is 9.77. The van der Waals surface area contributed by atoms with Crippen molar-refractivity contribution >= 4 is 29.7 Å². The first-order valence-corrected chi connectivity index (χ1v) is 6.02. The van der Waals surface area contributed by atoms with Crippen molar-refractivity contribution in [2.75, 3.05) is 0 Å². The lowest BCUT2D eigenvalue weighted by Crippen LogP contribution is -2.51. The molecule has 8 nitrogen and oxygen atoms in total. The molecule has 1 amide bonds. The highest BCUT2D eigenvalue weighted by Crippen LogP contribution is 2.44. The van der Waals surface area contributed by atoms with Gasteiger partial charge >= 0.3 is 5.97 Å². The van der Waals surface area contributed by atoms with Crippen LogP contribution in [-0.4, -0.2) is 47.7 Å². The Morgan fingerprint density at radius 1 is 1.58 bits per heavy atom. The first-order valence-electron chi connectivity index (χ1n) is 5.08. The fraction of sp³-hybridized carbons (Fsp3) is 0.200. The summed E-state index contributed by atoms with van der Waals surface area (Å²) in [5.74, 6) is -1.37. The number of nitrogens with zero attached hydrogens (tertiary/aromatic N) is 4. The summed E-state index contributed by atoms with van der Waals surface area (Å²) in [6, 6.07) is 0. The summed E-state index contributed by atoms with van der Waals surface area (Å²) >= 11 is 1.31. The molecule has 3 rings (SSSR count). The molecule has 2 aliphatic heterocycles. The van der Waals surface area contributed by atoms with Gasteiger partial charge in [0.05, 0.1) is 11.8 Å². The van der Waals surface area contributed by atoms with Gasteiger partial charge in [0.25, 0.3) is 5.91 Å². The normalized spacial score (nSPS) is 22.7. The number of hydrogen-bond acceptors (Lipinski definition) is 5. The molecule has 3 N–H and O–H groups in total. The van der Waals surface area contributed by atoms with Crippen molar-refractivity contribution in [2.24, 2.45) is 7.05 Å². The second kappa shape index (κ2) is 4.52. The van der Waals surface area contributed by atoms with Crippen LogP contribution in [0.1, 0.15) is 5.69 Å². The minimum atomic E-state index is -1.09. The van der Waals surface area contributed by atoms with Crippen LogP contribution >= 0.6 is 11.8 Å². The molecule has 1 fully saturated rings. The van der Waals surface area contributed by atoms with Crippen molar-refractivity contribution in [3.8, 4) is 0 Å². The lowest BCUT2D eigenvalue weighted by atomic mass is 10.0. The molecule has 1 aromatic rings. The summed E-state index contributed by atoms with van der Waals surface area (Å²) in [4.78, 5) is 24.0. The number of thioether (sulfide) groups is 1. The standard InChI is InChI=1S/C10H8N4O3S.H2O/c1-13-3-5(11-12-13)2-6-8(15)14-7(10(16)17)4-18-9(6)14;/h2-4,9H,1H3,(H,16,17);1H2/t9-;/m1./s1. The van der Waals surface area contributed by atoms with E-state index in [2.05, 4.69) is 10.3 Å². The fourth-order valence-corrected chi connectivity index (χ4v) is 2.98. The van der Waals surface area contributed by atoms with Gasteiger partial charge in [-0.3, -0.25) is 14.4 Å². The molecular weight excluding hydrogens is 272 g/mol. The van der Waals surface area contributed by atoms with Gasteiger partial charge in [-0.05, 0) is 6.08 Å². The highest BCUT2D eigenvalue weighted by Gasteiger charge is 2.49. The molecule has 0 spiro atoms. The first-order chi connectivity index (χ1) is 8.58. The summed E-state index contributed by atoms with van der Waals surface area (Å²) in [6.07, 6.45) is 3.33. The Bertz CT molecular complexity index is 621. The van der Waals surface area contributed by atoms with E-state index in [1.165, 1.54) is 26.8 Å². The van der Waals surface area contributed by atoms with E-state index in [0.717, 1.165) is 0 Å². The number of amides is 1. The van der Waals surface area contributed by atoms with E-state index in [-0.39, 0.29) is 22.5 Å². The lowest BCUT2D eigenvalue weighted by molar-refractivity contribution is -0.141. The smallest absolute Gasteiger partial charge is 0.353 e. The zero-order chi connectivity index (χ0) is 12.9. The van der Waals surface area contributed by atoms with Crippen LogP contribution < -0.4 is 0 Å². The van der Waals surface area contributed by atoms with E-state index >= 15 is 0 Å². The van der Waals surface area contributed by atoms with E-state index < -0.39 is 5.97 Å². The molecule has 0 aromatic carbocycles. The summed E-state index contributed by atoms with van der Waals surface area (Å²) in [6.45, 7) is 0. The maximum Gasteiger partial charge on any atom is 0.353 e. The van der Waals surface area contributed by atoms with Crippen LogP contribution in [-0.2, 0) is 16.6 Å². The molecule has 1 saturated heterocycles. The average molecular weight is 282 g/mol. The van der Waals surface area contributed by atoms with E-state index in [1.54, 1.807) is 19.3 Å². The highest BCUT2D eigenvalue weighted by atomic mass is 32.2. The average Bonchev–Trinajstić information content (AvgIpc) is 2.89. The van der Waals surface area contributed by atoms with Gasteiger partial charge < -0.3 is 10.6 Å². The van der Waals surface area contributed by atoms with Gasteiger partial charge in [0.2, 0.25) is 0 Å². The Morgan fingerprint density at radius 3 is 2.89 bits per heavy atom. The number of aliphatic carboxylic acids is 1. The second-order valence-corrected chi connectivity index (χ2v) is 4.84. The van der Waals surface area contributed by atoms with Crippen molar-refractivity contribution in [2.45, 2.75) is 5.37 Å². The third-order valence-corrected chi connectivity index (χ3v) is 3.76. The summed E-state index contributed by atoms with van der Waals surface area (Å²) in [5, 5.41) is 17.8. The van der Waals surface area contributed by atoms with Gasteiger partial charge in [-0.2, -0.15) is 0 Å². The molecule has 0 saturated carbocycles. The Labute approximate surface area is 111 Å². The number of hydrogen-bond donors (Lipinski definition) is 1. The Morgan fingerprint density at radius 2 is 2.32 bits per heavy atom. The minimum absolute atomic E-state index is 0. The Hall–Kier alpha value is -2.13. The lowest BCUT2D eigenvalue weighted by Gasteiger charge is -2.36. The molecule has 9 heteroatoms. The summed E-state index contributed by atoms with van der Waals surface area (Å²) in [5.41, 5.74) is 1.17. The zero-order valence-corrected chi connectivity index (χ0v) is 10.6. The number of β-lactam (4-membered cyclic amide) rings is 1. The molecule has 0 bridgehead atoms. The highest BCUT2D eigenvalue weighted by molar-refractivity contribution is 8.03. The van der Waals surface area contributed by atoms with E-state index in [0.29, 0.717) is 11.3 Å². The number of aromatic nitrogens is 3. The Balaban J connectivity index is 0.00000133. The molecule has 100 valence electrons. The van der Waals surface area contributed by atoms with Gasteiger partial charge in [0, 0.05) is 12.5 Å². The predicted molar refractivity (Wildman–Crippen MR) is 66.5 cm³/mol. The van der Waals surface area contributed by atoms with Gasteiger partial charge in [-0.25, -0.2) is 4.79 Å². The molecule has 0 unspecified atom stereocenters. The van der Waals surface area contributed by atoms with E-state index in [9.17, 15) is 9.59 Å². The molecule has 0 radical (unpaired) electrons. The predicted octanol–water partition coefficient (Wildman–Crippen LogP) is -0.785. The fourth-order valence-electron chi connectivity index (χ4n) is 1.86. The van der Waals surface area contributed by atoms with Crippen LogP contribution in [0.5, 0.6) is 0 Å². The third-order valence-electron chi connectivity index (χ3n) is 2.68. The number of carboxylic acid groups (broad SMARTS) is 1. The maximum atomic E-state index is 11.9. The van der Waals surface area contributed by atoms with E-state index in [4.69, 9.17) is 5.11 Å². The minimum Gasteiger partial charge on any atom is -0.477 e. The summed E-state index contributed by atoms with van der Waals surface area (Å²) in [7, 11) is 1.73. The molecule has 0 aliphatic carbocycles. The number of carboxylic acids is 1. The van der Waals surface area contributed by atoms with Gasteiger partial charge in [0.15, 0.2) is 0 Å². The molecule has 19 heavy (non-hydrogen) atoms. The monoisotopic (exact) mass is 282 g/mol. The van der Waals surface area contributed by atoms with Gasteiger partial charge in [0.1, 0.15) is 16.8 Å².